The van der Waals surface area contributed by atoms with E-state index in [1.165, 1.54) is 6.07 Å². The van der Waals surface area contributed by atoms with Crippen LogP contribution in [-0.4, -0.2) is 12.2 Å². The van der Waals surface area contributed by atoms with Gasteiger partial charge >= 0.3 is 6.18 Å². The summed E-state index contributed by atoms with van der Waals surface area (Å²) >= 11 is 5.56. The van der Waals surface area contributed by atoms with Crippen LogP contribution in [0.25, 0.3) is 0 Å². The molecule has 15 heavy (non-hydrogen) atoms. The highest BCUT2D eigenvalue weighted by molar-refractivity contribution is 6.31. The predicted octanol–water partition coefficient (Wildman–Crippen LogP) is 2.91. The van der Waals surface area contributed by atoms with Gasteiger partial charge < -0.3 is 5.73 Å². The minimum Gasteiger partial charge on any atom is -0.320 e. The number of rotatable bonds is 2. The molecule has 0 saturated heterocycles. The van der Waals surface area contributed by atoms with Crippen molar-refractivity contribution in [3.63, 3.8) is 0 Å². The second-order valence-corrected chi connectivity index (χ2v) is 3.50. The lowest BCUT2D eigenvalue weighted by Crippen LogP contribution is -2.39. The Hall–Kier alpha value is -0.810. The third-order valence-corrected chi connectivity index (χ3v) is 2.23. The third-order valence-electron chi connectivity index (χ3n) is 1.88. The fourth-order valence-corrected chi connectivity index (χ4v) is 1.28. The van der Waals surface area contributed by atoms with Crippen molar-refractivity contribution in [3.8, 4) is 0 Å². The normalized spacial score (nSPS) is 14.0. The monoisotopic (exact) mass is 241 g/mol. The number of nitrogens with two attached hydrogens (primary N) is 1. The molecule has 0 saturated carbocycles. The Morgan fingerprint density at radius 2 is 1.93 bits per heavy atom. The van der Waals surface area contributed by atoms with Crippen molar-refractivity contribution in [3.05, 3.63) is 34.6 Å². The third kappa shape index (κ3) is 3.35. The maximum absolute atomic E-state index is 12.6. The Morgan fingerprint density at radius 3 is 2.40 bits per heavy atom. The van der Waals surface area contributed by atoms with E-state index < -0.39 is 24.5 Å². The molecule has 6 heteroatoms. The van der Waals surface area contributed by atoms with Crippen molar-refractivity contribution >= 4 is 11.6 Å². The van der Waals surface area contributed by atoms with E-state index in [0.29, 0.717) is 0 Å². The Morgan fingerprint density at radius 1 is 1.33 bits per heavy atom. The van der Waals surface area contributed by atoms with Gasteiger partial charge in [-0.15, -0.1) is 0 Å². The second-order valence-electron chi connectivity index (χ2n) is 3.09. The summed E-state index contributed by atoms with van der Waals surface area (Å²) < 4.78 is 48.9. The molecule has 0 bridgehead atoms. The molecule has 1 atom stereocenters. The van der Waals surface area contributed by atoms with Crippen LogP contribution < -0.4 is 5.73 Å². The number of halogens is 5. The summed E-state index contributed by atoms with van der Waals surface area (Å²) in [5.41, 5.74) is 5.10. The number of hydrogen-bond acceptors (Lipinski definition) is 1. The Bertz CT molecular complexity index is 350. The van der Waals surface area contributed by atoms with Gasteiger partial charge in [0.1, 0.15) is 11.9 Å². The minimum absolute atomic E-state index is 0.0466. The average Bonchev–Trinajstić information content (AvgIpc) is 2.08. The summed E-state index contributed by atoms with van der Waals surface area (Å²) in [6.45, 7) is 0. The van der Waals surface area contributed by atoms with Crippen LogP contribution in [0.15, 0.2) is 18.2 Å². The quantitative estimate of drug-likeness (QED) is 0.792. The van der Waals surface area contributed by atoms with E-state index in [0.717, 1.165) is 12.1 Å². The summed E-state index contributed by atoms with van der Waals surface area (Å²) in [5.74, 6) is -0.593. The van der Waals surface area contributed by atoms with Gasteiger partial charge in [-0.1, -0.05) is 17.7 Å². The number of alkyl halides is 3. The molecule has 1 aromatic carbocycles. The maximum atomic E-state index is 12.6. The highest BCUT2D eigenvalue weighted by atomic mass is 35.5. The van der Waals surface area contributed by atoms with Gasteiger partial charge in [-0.25, -0.2) is 4.39 Å². The average molecular weight is 242 g/mol. The van der Waals surface area contributed by atoms with Gasteiger partial charge in [0.15, 0.2) is 0 Å². The first-order chi connectivity index (χ1) is 6.80. The van der Waals surface area contributed by atoms with Crippen LogP contribution >= 0.6 is 11.6 Å². The van der Waals surface area contributed by atoms with E-state index >= 15 is 0 Å². The molecule has 0 aliphatic heterocycles. The molecule has 0 radical (unpaired) electrons. The zero-order chi connectivity index (χ0) is 11.6. The zero-order valence-electron chi connectivity index (χ0n) is 7.48. The van der Waals surface area contributed by atoms with Gasteiger partial charge in [0, 0.05) is 5.02 Å². The van der Waals surface area contributed by atoms with E-state index in [1.54, 1.807) is 0 Å². The molecule has 84 valence electrons. The van der Waals surface area contributed by atoms with E-state index in [2.05, 4.69) is 0 Å². The fraction of sp³-hybridized carbons (Fsp3) is 0.333. The SMILES string of the molecule is NC(Cc1ccc(F)cc1Cl)C(F)(F)F. The van der Waals surface area contributed by atoms with Crippen molar-refractivity contribution in [2.75, 3.05) is 0 Å². The standard InChI is InChI=1S/C9H8ClF4N/c10-7-4-6(11)2-1-5(7)3-8(15)9(12,13)14/h1-2,4,8H,3,15H2. The van der Waals surface area contributed by atoms with E-state index in [1.807, 2.05) is 0 Å². The first kappa shape index (κ1) is 12.3. The molecular weight excluding hydrogens is 234 g/mol. The summed E-state index contributed by atoms with van der Waals surface area (Å²) in [5, 5.41) is -0.0466. The van der Waals surface area contributed by atoms with Gasteiger partial charge in [-0.2, -0.15) is 13.2 Å². The first-order valence-corrected chi connectivity index (χ1v) is 4.44. The van der Waals surface area contributed by atoms with Gasteiger partial charge in [-0.3, -0.25) is 0 Å². The van der Waals surface area contributed by atoms with Crippen LogP contribution in [0.4, 0.5) is 17.6 Å². The van der Waals surface area contributed by atoms with Crippen LogP contribution in [0.3, 0.4) is 0 Å². The first-order valence-electron chi connectivity index (χ1n) is 4.07. The highest BCUT2D eigenvalue weighted by Crippen LogP contribution is 2.25. The molecule has 1 nitrogen and oxygen atoms in total. The molecule has 2 N–H and O–H groups in total. The van der Waals surface area contributed by atoms with Crippen LogP contribution in [0, 0.1) is 5.82 Å². The second kappa shape index (κ2) is 4.37. The van der Waals surface area contributed by atoms with Gasteiger partial charge in [-0.05, 0) is 24.1 Å². The molecule has 1 rings (SSSR count). The van der Waals surface area contributed by atoms with Crippen LogP contribution in [0.2, 0.25) is 5.02 Å². The van der Waals surface area contributed by atoms with E-state index in [-0.39, 0.29) is 10.6 Å². The smallest absolute Gasteiger partial charge is 0.320 e. The fourth-order valence-electron chi connectivity index (χ4n) is 1.04. The molecule has 0 amide bonds. The molecule has 0 fully saturated rings. The van der Waals surface area contributed by atoms with Crippen molar-refractivity contribution in [2.45, 2.75) is 18.6 Å². The molecule has 0 aliphatic rings. The van der Waals surface area contributed by atoms with Gasteiger partial charge in [0.2, 0.25) is 0 Å². The lowest BCUT2D eigenvalue weighted by molar-refractivity contribution is -0.147. The predicted molar refractivity (Wildman–Crippen MR) is 49.1 cm³/mol. The largest absolute Gasteiger partial charge is 0.403 e. The van der Waals surface area contributed by atoms with Crippen LogP contribution in [0.1, 0.15) is 5.56 Å². The van der Waals surface area contributed by atoms with Gasteiger partial charge in [0.25, 0.3) is 0 Å². The lowest BCUT2D eigenvalue weighted by Gasteiger charge is -2.15. The van der Waals surface area contributed by atoms with Gasteiger partial charge in [0.05, 0.1) is 0 Å². The van der Waals surface area contributed by atoms with E-state index in [4.69, 9.17) is 17.3 Å². The molecule has 0 heterocycles. The molecule has 0 aliphatic carbocycles. The number of benzene rings is 1. The summed E-state index contributed by atoms with van der Waals surface area (Å²) in [4.78, 5) is 0. The zero-order valence-corrected chi connectivity index (χ0v) is 8.24. The maximum Gasteiger partial charge on any atom is 0.403 e. The topological polar surface area (TPSA) is 26.0 Å². The van der Waals surface area contributed by atoms with Crippen molar-refractivity contribution in [2.24, 2.45) is 5.73 Å². The molecule has 1 aromatic rings. The summed E-state index contributed by atoms with van der Waals surface area (Å²) in [6, 6.07) is 1.22. The summed E-state index contributed by atoms with van der Waals surface area (Å²) in [7, 11) is 0. The van der Waals surface area contributed by atoms with Crippen molar-refractivity contribution < 1.29 is 17.6 Å². The lowest BCUT2D eigenvalue weighted by atomic mass is 10.1. The Labute approximate surface area is 88.8 Å². The van der Waals surface area contributed by atoms with Crippen LogP contribution in [-0.2, 0) is 6.42 Å². The van der Waals surface area contributed by atoms with Crippen LogP contribution in [0.5, 0.6) is 0 Å². The Balaban J connectivity index is 2.82. The Kier molecular flexibility index (Phi) is 3.57. The molecule has 0 aromatic heterocycles. The van der Waals surface area contributed by atoms with E-state index in [9.17, 15) is 17.6 Å². The number of hydrogen-bond donors (Lipinski definition) is 1. The van der Waals surface area contributed by atoms with Crippen molar-refractivity contribution in [1.29, 1.82) is 0 Å². The minimum atomic E-state index is -4.47. The highest BCUT2D eigenvalue weighted by Gasteiger charge is 2.36. The molecule has 0 spiro atoms. The molecule has 1 unspecified atom stereocenters. The summed E-state index contributed by atoms with van der Waals surface area (Å²) in [6.07, 6.45) is -4.93. The van der Waals surface area contributed by atoms with Crippen molar-refractivity contribution in [1.82, 2.24) is 0 Å². The molecular formula is C9H8ClF4N.